The van der Waals surface area contributed by atoms with Gasteiger partial charge in [-0.2, -0.15) is 0 Å². The van der Waals surface area contributed by atoms with Crippen LogP contribution in [-0.2, 0) is 14.3 Å². The molecule has 0 unspecified atom stereocenters. The van der Waals surface area contributed by atoms with Crippen molar-refractivity contribution in [1.82, 2.24) is 9.13 Å². The van der Waals surface area contributed by atoms with Crippen LogP contribution < -0.4 is 14.9 Å². The number of hydrogen-bond donors (Lipinski definition) is 0. The number of nitrogens with zero attached hydrogens (tertiary/aromatic N) is 3. The summed E-state index contributed by atoms with van der Waals surface area (Å²) in [6.07, 6.45) is 1.87. The molecule has 0 amide bonds. The first kappa shape index (κ1) is 32.2. The molecule has 1 aliphatic heterocycles. The Labute approximate surface area is 280 Å². The number of hydrogen-bond acceptors (Lipinski definition) is 8. The Morgan fingerprint density at radius 1 is 0.957 bits per heavy atom. The third-order valence-electron chi connectivity index (χ3n) is 8.48. The number of rotatable bonds is 7. The summed E-state index contributed by atoms with van der Waals surface area (Å²) in [7, 11) is 1.39. The third-order valence-corrected chi connectivity index (χ3v) is 10.7. The highest BCUT2D eigenvalue weighted by Gasteiger charge is 2.35. The summed E-state index contributed by atoms with van der Waals surface area (Å²) in [6.45, 7) is 11.8. The van der Waals surface area contributed by atoms with Gasteiger partial charge in [-0.15, -0.1) is 11.3 Å². The maximum Gasteiger partial charge on any atom is 0.341 e. The summed E-state index contributed by atoms with van der Waals surface area (Å²) in [4.78, 5) is 47.4. The molecule has 8 nitrogen and oxygen atoms in total. The standard InChI is InChI=1S/C37H35N3O5S2/c1-8-45-36(43)30-31(25-12-10-9-11-13-25)38-37-40(32(30)26-16-14-20(2)15-17-26)33(41)28(47-37)19-27-18-21(3)39(23(27)5)34-29(35(42)44-7)22(4)24(6)46-34/h9-19,32H,8H2,1-7H3/b28-19-/t32-/m0/s1. The zero-order valence-corrected chi connectivity index (χ0v) is 29.0. The Kier molecular flexibility index (Phi) is 8.74. The van der Waals surface area contributed by atoms with Gasteiger partial charge in [-0.3, -0.25) is 9.36 Å². The van der Waals surface area contributed by atoms with Crippen LogP contribution in [0.25, 0.3) is 16.8 Å². The molecule has 47 heavy (non-hydrogen) atoms. The number of fused-ring (bicyclic) bond motifs is 1. The maximum absolute atomic E-state index is 14.4. The van der Waals surface area contributed by atoms with E-state index in [9.17, 15) is 14.4 Å². The van der Waals surface area contributed by atoms with Gasteiger partial charge in [-0.25, -0.2) is 14.6 Å². The minimum Gasteiger partial charge on any atom is -0.465 e. The number of carbonyl (C=O) groups is 2. The Bertz CT molecular complexity index is 2250. The lowest BCUT2D eigenvalue weighted by atomic mass is 9.92. The van der Waals surface area contributed by atoms with E-state index in [0.29, 0.717) is 26.2 Å². The highest BCUT2D eigenvalue weighted by Crippen LogP contribution is 2.36. The van der Waals surface area contributed by atoms with Crippen molar-refractivity contribution in [2.75, 3.05) is 13.7 Å². The highest BCUT2D eigenvalue weighted by molar-refractivity contribution is 7.15. The van der Waals surface area contributed by atoms with Crippen molar-refractivity contribution in [2.24, 2.45) is 4.99 Å². The Hall–Kier alpha value is -4.80. The molecule has 240 valence electrons. The molecule has 3 aromatic heterocycles. The van der Waals surface area contributed by atoms with Crippen molar-refractivity contribution in [3.8, 4) is 5.00 Å². The highest BCUT2D eigenvalue weighted by atomic mass is 32.1. The first-order valence-electron chi connectivity index (χ1n) is 15.3. The second kappa shape index (κ2) is 12.8. The van der Waals surface area contributed by atoms with Crippen LogP contribution in [0.3, 0.4) is 0 Å². The monoisotopic (exact) mass is 665 g/mol. The summed E-state index contributed by atoms with van der Waals surface area (Å²) in [5, 5.41) is 0.786. The number of thiophene rings is 1. The van der Waals surface area contributed by atoms with E-state index in [1.165, 1.54) is 29.8 Å². The molecule has 0 spiro atoms. The summed E-state index contributed by atoms with van der Waals surface area (Å²) in [6, 6.07) is 18.6. The van der Waals surface area contributed by atoms with E-state index in [1.54, 1.807) is 11.5 Å². The molecular weight excluding hydrogens is 631 g/mol. The molecule has 0 radical (unpaired) electrons. The Morgan fingerprint density at radius 2 is 1.66 bits per heavy atom. The van der Waals surface area contributed by atoms with Gasteiger partial charge in [-0.1, -0.05) is 71.5 Å². The number of thiazole rings is 1. The quantitative estimate of drug-likeness (QED) is 0.196. The van der Waals surface area contributed by atoms with Crippen molar-refractivity contribution < 1.29 is 19.1 Å². The third kappa shape index (κ3) is 5.61. The van der Waals surface area contributed by atoms with Gasteiger partial charge in [0.1, 0.15) is 5.00 Å². The zero-order chi connectivity index (χ0) is 33.6. The molecule has 0 saturated carbocycles. The van der Waals surface area contributed by atoms with Gasteiger partial charge in [0.05, 0.1) is 41.1 Å². The molecule has 0 aliphatic carbocycles. The normalized spacial score (nSPS) is 14.6. The van der Waals surface area contributed by atoms with Crippen molar-refractivity contribution in [3.63, 3.8) is 0 Å². The number of benzene rings is 2. The van der Waals surface area contributed by atoms with Crippen LogP contribution in [0.4, 0.5) is 0 Å². The van der Waals surface area contributed by atoms with E-state index in [4.69, 9.17) is 14.5 Å². The average Bonchev–Trinajstić information content (AvgIpc) is 3.64. The van der Waals surface area contributed by atoms with Gasteiger partial charge in [-0.05, 0) is 70.4 Å². The van der Waals surface area contributed by atoms with E-state index in [1.807, 2.05) is 106 Å². The predicted octanol–water partition coefficient (Wildman–Crippen LogP) is 6.12. The lowest BCUT2D eigenvalue weighted by Gasteiger charge is -2.26. The molecule has 6 rings (SSSR count). The molecule has 2 aromatic carbocycles. The molecule has 1 atom stereocenters. The van der Waals surface area contributed by atoms with Gasteiger partial charge in [0.2, 0.25) is 0 Å². The van der Waals surface area contributed by atoms with Crippen LogP contribution in [0.2, 0.25) is 0 Å². The number of ether oxygens (including phenoxy) is 2. The van der Waals surface area contributed by atoms with Crippen LogP contribution in [-0.4, -0.2) is 34.8 Å². The topological polar surface area (TPSA) is 91.9 Å². The Morgan fingerprint density at radius 3 is 2.32 bits per heavy atom. The summed E-state index contributed by atoms with van der Waals surface area (Å²) >= 11 is 2.82. The van der Waals surface area contributed by atoms with Gasteiger partial charge < -0.3 is 14.0 Å². The van der Waals surface area contributed by atoms with Gasteiger partial charge in [0, 0.05) is 21.8 Å². The summed E-state index contributed by atoms with van der Waals surface area (Å²) < 4.78 is 14.8. The zero-order valence-electron chi connectivity index (χ0n) is 27.3. The number of esters is 2. The second-order valence-electron chi connectivity index (χ2n) is 11.5. The fraction of sp³-hybridized carbons (Fsp3) is 0.243. The first-order chi connectivity index (χ1) is 22.5. The van der Waals surface area contributed by atoms with Gasteiger partial charge >= 0.3 is 11.9 Å². The number of methoxy groups -OCH3 is 1. The molecule has 0 saturated heterocycles. The molecule has 1 aliphatic rings. The number of aromatic nitrogens is 2. The Balaban J connectivity index is 1.59. The second-order valence-corrected chi connectivity index (χ2v) is 13.7. The van der Waals surface area contributed by atoms with Crippen molar-refractivity contribution in [1.29, 1.82) is 0 Å². The molecule has 10 heteroatoms. The van der Waals surface area contributed by atoms with Crippen molar-refractivity contribution in [2.45, 2.75) is 47.6 Å². The van der Waals surface area contributed by atoms with Gasteiger partial charge in [0.15, 0.2) is 4.80 Å². The van der Waals surface area contributed by atoms with Crippen LogP contribution in [0.15, 0.2) is 76.0 Å². The van der Waals surface area contributed by atoms with Crippen LogP contribution in [0, 0.1) is 34.6 Å². The molecule has 5 aromatic rings. The summed E-state index contributed by atoms with van der Waals surface area (Å²) in [5.41, 5.74) is 7.23. The summed E-state index contributed by atoms with van der Waals surface area (Å²) in [5.74, 6) is -0.895. The largest absolute Gasteiger partial charge is 0.465 e. The molecule has 0 bridgehead atoms. The van der Waals surface area contributed by atoms with Crippen LogP contribution in [0.1, 0.15) is 67.4 Å². The number of carbonyl (C=O) groups excluding carboxylic acids is 2. The predicted molar refractivity (Wildman–Crippen MR) is 186 cm³/mol. The van der Waals surface area contributed by atoms with E-state index >= 15 is 0 Å². The van der Waals surface area contributed by atoms with Crippen LogP contribution in [0.5, 0.6) is 0 Å². The minimum atomic E-state index is -0.740. The molecule has 0 N–H and O–H groups in total. The number of aryl methyl sites for hydroxylation is 3. The molecule has 4 heterocycles. The van der Waals surface area contributed by atoms with E-state index in [-0.39, 0.29) is 18.1 Å². The first-order valence-corrected chi connectivity index (χ1v) is 16.9. The fourth-order valence-electron chi connectivity index (χ4n) is 6.00. The lowest BCUT2D eigenvalue weighted by Crippen LogP contribution is -2.40. The molecule has 0 fully saturated rings. The van der Waals surface area contributed by atoms with Crippen molar-refractivity contribution in [3.05, 3.63) is 136 Å². The maximum atomic E-state index is 14.4. The van der Waals surface area contributed by atoms with E-state index in [2.05, 4.69) is 0 Å². The van der Waals surface area contributed by atoms with Crippen LogP contribution >= 0.6 is 22.7 Å². The lowest BCUT2D eigenvalue weighted by molar-refractivity contribution is -0.138. The molecular formula is C37H35N3O5S2. The minimum absolute atomic E-state index is 0.187. The van der Waals surface area contributed by atoms with Gasteiger partial charge in [0.25, 0.3) is 5.56 Å². The smallest absolute Gasteiger partial charge is 0.341 e. The average molecular weight is 666 g/mol. The fourth-order valence-corrected chi connectivity index (χ4v) is 8.25. The van der Waals surface area contributed by atoms with E-state index < -0.39 is 12.0 Å². The SMILES string of the molecule is CCOC(=O)C1=C(c2ccccc2)N=c2s/c(=C\c3cc(C)n(-c4sc(C)c(C)c4C(=O)OC)c3C)c(=O)n2[C@H]1c1ccc(C)cc1. The van der Waals surface area contributed by atoms with Crippen molar-refractivity contribution >= 4 is 46.4 Å². The van der Waals surface area contributed by atoms with E-state index in [0.717, 1.165) is 49.1 Å².